The third-order valence-electron chi connectivity index (χ3n) is 5.22. The summed E-state index contributed by atoms with van der Waals surface area (Å²) in [7, 11) is -2.29. The summed E-state index contributed by atoms with van der Waals surface area (Å²) in [5, 5.41) is 1.82. The van der Waals surface area contributed by atoms with E-state index in [0.29, 0.717) is 12.8 Å². The van der Waals surface area contributed by atoms with Gasteiger partial charge < -0.3 is 14.5 Å². The van der Waals surface area contributed by atoms with E-state index < -0.39 is 37.5 Å². The molecule has 1 unspecified atom stereocenters. The number of hydrogen-bond donors (Lipinski definition) is 1. The Hall–Kier alpha value is -1.09. The van der Waals surface area contributed by atoms with Crippen LogP contribution in [0.25, 0.3) is 0 Å². The van der Waals surface area contributed by atoms with Crippen LogP contribution in [0.2, 0.25) is 18.1 Å². The van der Waals surface area contributed by atoms with E-state index in [2.05, 4.69) is 0 Å². The van der Waals surface area contributed by atoms with Crippen LogP contribution in [-0.2, 0) is 18.8 Å². The van der Waals surface area contributed by atoms with Crippen LogP contribution in [0.15, 0.2) is 0 Å². The highest BCUT2D eigenvalue weighted by Gasteiger charge is 2.42. The molecule has 9 heteroatoms. The predicted molar refractivity (Wildman–Crippen MR) is 115 cm³/mol. The minimum Gasteiger partial charge on any atom is -0.460 e. The van der Waals surface area contributed by atoms with Gasteiger partial charge in [0.15, 0.2) is 8.32 Å². The molecule has 30 heavy (non-hydrogen) atoms. The van der Waals surface area contributed by atoms with E-state index in [1.165, 1.54) is 0 Å². The van der Waals surface area contributed by atoms with Crippen molar-refractivity contribution >= 4 is 20.2 Å². The molecule has 0 aliphatic heterocycles. The number of carbonyl (C=O) groups excluding carboxylic acids is 2. The molecule has 0 spiro atoms. The van der Waals surface area contributed by atoms with Crippen molar-refractivity contribution in [3.63, 3.8) is 0 Å². The Bertz CT molecular complexity index is 591. The molecule has 5 nitrogen and oxygen atoms in total. The van der Waals surface area contributed by atoms with E-state index in [-0.39, 0.29) is 24.0 Å². The van der Waals surface area contributed by atoms with Crippen LogP contribution in [0.3, 0.4) is 0 Å². The molecule has 0 aliphatic carbocycles. The van der Waals surface area contributed by atoms with E-state index >= 15 is 0 Å². The molecule has 0 bridgehead atoms. The minimum absolute atomic E-state index is 0.139. The van der Waals surface area contributed by atoms with Gasteiger partial charge in [0, 0.05) is 13.0 Å². The number of ether oxygens (including phenoxy) is 1. The maximum atomic E-state index is 12.6. The minimum atomic E-state index is -4.94. The molecular weight excluding hydrogens is 415 g/mol. The van der Waals surface area contributed by atoms with Crippen LogP contribution in [0.1, 0.15) is 74.7 Å². The summed E-state index contributed by atoms with van der Waals surface area (Å²) < 4.78 is 49.5. The summed E-state index contributed by atoms with van der Waals surface area (Å²) in [5.41, 5.74) is -0.968. The highest BCUT2D eigenvalue weighted by molar-refractivity contribution is 6.74. The van der Waals surface area contributed by atoms with Crippen LogP contribution in [0.5, 0.6) is 0 Å². The number of rotatable bonds is 9. The van der Waals surface area contributed by atoms with Gasteiger partial charge in [0.25, 0.3) is 0 Å². The Morgan fingerprint density at radius 1 is 0.967 bits per heavy atom. The van der Waals surface area contributed by atoms with Gasteiger partial charge in [-0.05, 0) is 57.2 Å². The van der Waals surface area contributed by atoms with Gasteiger partial charge in [-0.25, -0.2) is 0 Å². The zero-order valence-electron chi connectivity index (χ0n) is 20.2. The van der Waals surface area contributed by atoms with E-state index in [0.717, 1.165) is 0 Å². The van der Waals surface area contributed by atoms with Crippen LogP contribution in [0.4, 0.5) is 13.2 Å². The van der Waals surface area contributed by atoms with E-state index in [4.69, 9.17) is 9.16 Å². The lowest BCUT2D eigenvalue weighted by atomic mass is 9.82. The lowest BCUT2D eigenvalue weighted by Gasteiger charge is -2.41. The molecular formula is C21H40F3NO4Si. The van der Waals surface area contributed by atoms with Crippen LogP contribution >= 0.6 is 0 Å². The van der Waals surface area contributed by atoms with Gasteiger partial charge in [0.1, 0.15) is 5.60 Å². The first-order valence-corrected chi connectivity index (χ1v) is 13.2. The van der Waals surface area contributed by atoms with Crippen LogP contribution in [0, 0.1) is 5.41 Å². The molecule has 0 rings (SSSR count). The molecule has 1 N–H and O–H groups in total. The maximum Gasteiger partial charge on any atom is 0.471 e. The Kier molecular flexibility index (Phi) is 9.65. The van der Waals surface area contributed by atoms with Crippen molar-refractivity contribution in [2.24, 2.45) is 5.41 Å². The number of hydrogen-bond acceptors (Lipinski definition) is 4. The van der Waals surface area contributed by atoms with E-state index in [9.17, 15) is 22.8 Å². The van der Waals surface area contributed by atoms with E-state index in [1.807, 2.05) is 53.0 Å². The third-order valence-corrected chi connectivity index (χ3v) is 9.76. The summed E-state index contributed by atoms with van der Waals surface area (Å²) in [5.74, 6) is -2.29. The SMILES string of the molecule is CC(C)(CCC(=O)OC(C)(C)C)CC(CNC(=O)C(F)(F)F)O[Si](C)(C)C(C)(C)C. The van der Waals surface area contributed by atoms with Gasteiger partial charge in [-0.15, -0.1) is 0 Å². The predicted octanol–water partition coefficient (Wildman–Crippen LogP) is 5.59. The highest BCUT2D eigenvalue weighted by atomic mass is 28.4. The molecule has 0 radical (unpaired) electrons. The third kappa shape index (κ3) is 11.3. The number of carbonyl (C=O) groups is 2. The molecule has 178 valence electrons. The summed E-state index contributed by atoms with van der Waals surface area (Å²) in [6.45, 7) is 19.2. The van der Waals surface area contributed by atoms with Crippen LogP contribution < -0.4 is 5.32 Å². The number of esters is 1. The van der Waals surface area contributed by atoms with Gasteiger partial charge in [-0.3, -0.25) is 9.59 Å². The van der Waals surface area contributed by atoms with Crippen molar-refractivity contribution in [1.82, 2.24) is 5.32 Å². The summed E-state index contributed by atoms with van der Waals surface area (Å²) in [6.07, 6.45) is -4.43. The number of nitrogens with one attached hydrogen (secondary N) is 1. The first kappa shape index (κ1) is 28.9. The van der Waals surface area contributed by atoms with Gasteiger partial charge in [0.2, 0.25) is 0 Å². The van der Waals surface area contributed by atoms with E-state index in [1.54, 1.807) is 20.8 Å². The van der Waals surface area contributed by atoms with Gasteiger partial charge in [0.05, 0.1) is 6.10 Å². The zero-order valence-corrected chi connectivity index (χ0v) is 21.2. The fourth-order valence-corrected chi connectivity index (χ4v) is 3.96. The normalized spacial score (nSPS) is 15.0. The molecule has 0 aromatic heterocycles. The Labute approximate surface area is 180 Å². The second-order valence-electron chi connectivity index (χ2n) is 11.2. The Balaban J connectivity index is 5.24. The van der Waals surface area contributed by atoms with Crippen molar-refractivity contribution in [3.8, 4) is 0 Å². The fraction of sp³-hybridized carbons (Fsp3) is 0.905. The fourth-order valence-electron chi connectivity index (χ4n) is 2.61. The largest absolute Gasteiger partial charge is 0.471 e. The molecule has 0 heterocycles. The lowest BCUT2D eigenvalue weighted by molar-refractivity contribution is -0.174. The average Bonchev–Trinajstić information content (AvgIpc) is 2.46. The Morgan fingerprint density at radius 3 is 1.87 bits per heavy atom. The second-order valence-corrected chi connectivity index (χ2v) is 15.9. The highest BCUT2D eigenvalue weighted by Crippen LogP contribution is 2.39. The van der Waals surface area contributed by atoms with Crippen molar-refractivity contribution in [1.29, 1.82) is 0 Å². The second kappa shape index (κ2) is 10.0. The Morgan fingerprint density at radius 2 is 1.47 bits per heavy atom. The smallest absolute Gasteiger partial charge is 0.460 e. The van der Waals surface area contributed by atoms with Gasteiger partial charge in [-0.1, -0.05) is 34.6 Å². The number of alkyl halides is 3. The number of amides is 1. The van der Waals surface area contributed by atoms with Gasteiger partial charge in [-0.2, -0.15) is 13.2 Å². The molecule has 1 amide bonds. The maximum absolute atomic E-state index is 12.6. The first-order chi connectivity index (χ1) is 13.1. The topological polar surface area (TPSA) is 64.6 Å². The van der Waals surface area contributed by atoms with Gasteiger partial charge >= 0.3 is 18.1 Å². The quantitative estimate of drug-likeness (QED) is 0.363. The van der Waals surface area contributed by atoms with Crippen LogP contribution in [-0.4, -0.2) is 44.6 Å². The molecule has 0 aromatic rings. The first-order valence-electron chi connectivity index (χ1n) is 10.3. The molecule has 0 aromatic carbocycles. The molecule has 1 atom stereocenters. The average molecular weight is 456 g/mol. The van der Waals surface area contributed by atoms with Crippen molar-refractivity contribution in [3.05, 3.63) is 0 Å². The molecule has 0 saturated heterocycles. The summed E-state index contributed by atoms with van der Waals surface area (Å²) >= 11 is 0. The number of halogens is 3. The summed E-state index contributed by atoms with van der Waals surface area (Å²) in [4.78, 5) is 23.4. The molecule has 0 fully saturated rings. The van der Waals surface area contributed by atoms with Crippen molar-refractivity contribution < 1.29 is 31.9 Å². The molecule has 0 aliphatic rings. The lowest BCUT2D eigenvalue weighted by Crippen LogP contribution is -2.49. The zero-order chi connectivity index (χ0) is 24.2. The summed E-state index contributed by atoms with van der Waals surface area (Å²) in [6, 6.07) is 0. The molecule has 0 saturated carbocycles. The monoisotopic (exact) mass is 455 g/mol. The van der Waals surface area contributed by atoms with Crippen molar-refractivity contribution in [2.45, 2.75) is 111 Å². The van der Waals surface area contributed by atoms with Crippen molar-refractivity contribution in [2.75, 3.05) is 6.54 Å². The standard InChI is InChI=1S/C21H40F3NO4Si/c1-18(2,3)28-16(26)11-12-20(7,8)13-15(14-25-17(27)21(22,23)24)29-30(9,10)19(4,5)6/h15H,11-14H2,1-10H3,(H,25,27).